The van der Waals surface area contributed by atoms with Crippen molar-refractivity contribution in [2.45, 2.75) is 56.7 Å². The Morgan fingerprint density at radius 1 is 1.41 bits per heavy atom. The lowest BCUT2D eigenvalue weighted by molar-refractivity contribution is -0.123. The van der Waals surface area contributed by atoms with E-state index in [1.165, 1.54) is 12.8 Å². The molecule has 3 nitrogen and oxygen atoms in total. The van der Waals surface area contributed by atoms with Gasteiger partial charge in [0.1, 0.15) is 0 Å². The van der Waals surface area contributed by atoms with Gasteiger partial charge in [-0.15, -0.1) is 0 Å². The van der Waals surface area contributed by atoms with Crippen LogP contribution in [0.2, 0.25) is 0 Å². The summed E-state index contributed by atoms with van der Waals surface area (Å²) in [5.41, 5.74) is 0. The van der Waals surface area contributed by atoms with Crippen molar-refractivity contribution in [2.75, 3.05) is 19.3 Å². The highest BCUT2D eigenvalue weighted by atomic mass is 32.2. The zero-order chi connectivity index (χ0) is 12.7. The fraction of sp³-hybridized carbons (Fsp3) is 0.923. The summed E-state index contributed by atoms with van der Waals surface area (Å²) >= 11 is 1.87. The number of nitrogens with one attached hydrogen (secondary N) is 2. The summed E-state index contributed by atoms with van der Waals surface area (Å²) in [6.07, 6.45) is 7.68. The van der Waals surface area contributed by atoms with Gasteiger partial charge in [-0.1, -0.05) is 20.3 Å². The predicted molar refractivity (Wildman–Crippen MR) is 75.5 cm³/mol. The van der Waals surface area contributed by atoms with Gasteiger partial charge in [-0.3, -0.25) is 4.79 Å². The smallest absolute Gasteiger partial charge is 0.237 e. The van der Waals surface area contributed by atoms with Gasteiger partial charge in [0.15, 0.2) is 0 Å². The third kappa shape index (κ3) is 4.18. The monoisotopic (exact) mass is 258 g/mol. The van der Waals surface area contributed by atoms with E-state index in [4.69, 9.17) is 0 Å². The molecule has 0 bridgehead atoms. The van der Waals surface area contributed by atoms with Crippen molar-refractivity contribution in [3.8, 4) is 0 Å². The van der Waals surface area contributed by atoms with Crippen molar-refractivity contribution in [1.29, 1.82) is 0 Å². The molecule has 0 radical (unpaired) electrons. The van der Waals surface area contributed by atoms with Crippen LogP contribution in [0, 0.1) is 0 Å². The number of thioether (sulfide) groups is 1. The summed E-state index contributed by atoms with van der Waals surface area (Å²) in [6, 6.07) is 0.0389. The Balaban J connectivity index is 2.40. The zero-order valence-corrected chi connectivity index (χ0v) is 12.2. The Kier molecular flexibility index (Phi) is 6.34. The number of carbonyl (C=O) groups is 1. The first-order chi connectivity index (χ1) is 8.17. The molecule has 1 atom stereocenters. The van der Waals surface area contributed by atoms with E-state index in [0.29, 0.717) is 0 Å². The van der Waals surface area contributed by atoms with E-state index < -0.39 is 0 Å². The topological polar surface area (TPSA) is 41.1 Å². The van der Waals surface area contributed by atoms with Gasteiger partial charge in [-0.05, 0) is 38.5 Å². The molecule has 100 valence electrons. The molecule has 1 rings (SSSR count). The Hall–Kier alpha value is -0.220. The van der Waals surface area contributed by atoms with Crippen molar-refractivity contribution in [3.05, 3.63) is 0 Å². The summed E-state index contributed by atoms with van der Waals surface area (Å²) in [5, 5.41) is 6.41. The van der Waals surface area contributed by atoms with Crippen molar-refractivity contribution in [2.24, 2.45) is 0 Å². The maximum absolute atomic E-state index is 12.0. The van der Waals surface area contributed by atoms with Crippen LogP contribution in [-0.4, -0.2) is 36.0 Å². The fourth-order valence-electron chi connectivity index (χ4n) is 2.31. The van der Waals surface area contributed by atoms with E-state index in [1.54, 1.807) is 0 Å². The van der Waals surface area contributed by atoms with Gasteiger partial charge >= 0.3 is 0 Å². The third-order valence-corrected chi connectivity index (χ3v) is 5.52. The molecule has 1 saturated heterocycles. The van der Waals surface area contributed by atoms with Crippen molar-refractivity contribution in [3.63, 3.8) is 0 Å². The van der Waals surface area contributed by atoms with Crippen molar-refractivity contribution >= 4 is 17.7 Å². The Labute approximate surface area is 109 Å². The number of carbonyl (C=O) groups excluding carboxylic acids is 1. The van der Waals surface area contributed by atoms with Crippen LogP contribution in [0.5, 0.6) is 0 Å². The Bertz CT molecular complexity index is 227. The molecule has 17 heavy (non-hydrogen) atoms. The maximum atomic E-state index is 12.0. The molecule has 0 aromatic rings. The first-order valence-corrected chi connectivity index (χ1v) is 7.96. The van der Waals surface area contributed by atoms with E-state index in [0.717, 1.165) is 32.4 Å². The lowest BCUT2D eigenvalue weighted by Gasteiger charge is -2.31. The molecule has 0 spiro atoms. The van der Waals surface area contributed by atoms with Crippen LogP contribution in [0.3, 0.4) is 0 Å². The number of hydrogen-bond donors (Lipinski definition) is 2. The van der Waals surface area contributed by atoms with E-state index in [-0.39, 0.29) is 16.7 Å². The molecule has 1 fully saturated rings. The highest BCUT2D eigenvalue weighted by Gasteiger charge is 2.27. The van der Waals surface area contributed by atoms with E-state index in [2.05, 4.69) is 30.7 Å². The number of rotatable bonds is 6. The highest BCUT2D eigenvalue weighted by Crippen LogP contribution is 2.29. The molecule has 0 aliphatic carbocycles. The molecule has 0 unspecified atom stereocenters. The van der Waals surface area contributed by atoms with Gasteiger partial charge in [-0.25, -0.2) is 0 Å². The minimum Gasteiger partial charge on any atom is -0.353 e. The standard InChI is InChI=1S/C13H26N2OS/c1-4-13(5-2,17-3)10-15-12(16)11-8-6-7-9-14-11/h11,14H,4-10H2,1-3H3,(H,15,16)/t11-/m0/s1. The van der Waals surface area contributed by atoms with Gasteiger partial charge in [-0.2, -0.15) is 11.8 Å². The van der Waals surface area contributed by atoms with E-state index >= 15 is 0 Å². The lowest BCUT2D eigenvalue weighted by atomic mass is 10.0. The molecule has 1 aliphatic heterocycles. The van der Waals surface area contributed by atoms with Gasteiger partial charge in [0, 0.05) is 11.3 Å². The average Bonchev–Trinajstić information content (AvgIpc) is 2.41. The van der Waals surface area contributed by atoms with Gasteiger partial charge in [0.05, 0.1) is 6.04 Å². The Morgan fingerprint density at radius 2 is 2.12 bits per heavy atom. The summed E-state index contributed by atoms with van der Waals surface area (Å²) in [7, 11) is 0. The quantitative estimate of drug-likeness (QED) is 0.767. The largest absolute Gasteiger partial charge is 0.353 e. The second-order valence-corrected chi connectivity index (χ2v) is 6.09. The molecular weight excluding hydrogens is 232 g/mol. The van der Waals surface area contributed by atoms with Crippen LogP contribution in [-0.2, 0) is 4.79 Å². The predicted octanol–water partition coefficient (Wildman–Crippen LogP) is 2.17. The second-order valence-electron chi connectivity index (χ2n) is 4.81. The minimum atomic E-state index is 0.0389. The maximum Gasteiger partial charge on any atom is 0.237 e. The van der Waals surface area contributed by atoms with Crippen LogP contribution in [0.15, 0.2) is 0 Å². The van der Waals surface area contributed by atoms with E-state index in [1.807, 2.05) is 11.8 Å². The summed E-state index contributed by atoms with van der Waals surface area (Å²) in [5.74, 6) is 0.185. The average molecular weight is 258 g/mol. The van der Waals surface area contributed by atoms with Crippen molar-refractivity contribution < 1.29 is 4.79 Å². The molecule has 1 heterocycles. The first kappa shape index (κ1) is 14.8. The molecule has 0 saturated carbocycles. The molecule has 2 N–H and O–H groups in total. The molecule has 1 amide bonds. The number of hydrogen-bond acceptors (Lipinski definition) is 3. The number of amides is 1. The highest BCUT2D eigenvalue weighted by molar-refractivity contribution is 8.00. The molecule has 0 aromatic carbocycles. The lowest BCUT2D eigenvalue weighted by Crippen LogP contribution is -2.50. The normalized spacial score (nSPS) is 21.2. The van der Waals surface area contributed by atoms with Crippen LogP contribution in [0.4, 0.5) is 0 Å². The van der Waals surface area contributed by atoms with E-state index in [9.17, 15) is 4.79 Å². The zero-order valence-electron chi connectivity index (χ0n) is 11.3. The second kappa shape index (κ2) is 7.27. The van der Waals surface area contributed by atoms with Crippen molar-refractivity contribution in [1.82, 2.24) is 10.6 Å². The Morgan fingerprint density at radius 3 is 2.59 bits per heavy atom. The summed E-state index contributed by atoms with van der Waals surface area (Å²) in [6.45, 7) is 6.17. The fourth-order valence-corrected chi connectivity index (χ4v) is 3.10. The molecule has 4 heteroatoms. The summed E-state index contributed by atoms with van der Waals surface area (Å²) < 4.78 is 0.213. The van der Waals surface area contributed by atoms with Crippen LogP contribution < -0.4 is 10.6 Å². The van der Waals surface area contributed by atoms with Crippen LogP contribution >= 0.6 is 11.8 Å². The van der Waals surface area contributed by atoms with Gasteiger partial charge in [0.2, 0.25) is 5.91 Å². The van der Waals surface area contributed by atoms with Crippen LogP contribution in [0.25, 0.3) is 0 Å². The van der Waals surface area contributed by atoms with Crippen LogP contribution in [0.1, 0.15) is 46.0 Å². The molecular formula is C13H26N2OS. The third-order valence-electron chi connectivity index (χ3n) is 3.93. The SMILES string of the molecule is CCC(CC)(CNC(=O)[C@@H]1CCCCN1)SC. The molecule has 0 aromatic heterocycles. The van der Waals surface area contributed by atoms with Gasteiger partial charge < -0.3 is 10.6 Å². The first-order valence-electron chi connectivity index (χ1n) is 6.73. The van der Waals surface area contributed by atoms with Gasteiger partial charge in [0.25, 0.3) is 0 Å². The number of piperidine rings is 1. The molecule has 1 aliphatic rings. The minimum absolute atomic E-state index is 0.0389. The summed E-state index contributed by atoms with van der Waals surface area (Å²) in [4.78, 5) is 12.0.